The highest BCUT2D eigenvalue weighted by atomic mass is 35.5. The minimum Gasteiger partial charge on any atom is -0.340 e. The van der Waals surface area contributed by atoms with Crippen LogP contribution in [0.25, 0.3) is 0 Å². The molecular weight excluding hydrogens is 434 g/mol. The van der Waals surface area contributed by atoms with Gasteiger partial charge in [0.15, 0.2) is 0 Å². The maximum atomic E-state index is 12.9. The highest BCUT2D eigenvalue weighted by Gasteiger charge is 2.29. The second kappa shape index (κ2) is 8.82. The summed E-state index contributed by atoms with van der Waals surface area (Å²) in [6.45, 7) is 5.72. The second-order valence-corrected chi connectivity index (χ2v) is 9.91. The third-order valence-corrected chi connectivity index (χ3v) is 7.30. The van der Waals surface area contributed by atoms with Crippen LogP contribution < -0.4 is 10.2 Å². The predicted molar refractivity (Wildman–Crippen MR) is 124 cm³/mol. The molecule has 7 nitrogen and oxygen atoms in total. The molecule has 0 saturated carbocycles. The summed E-state index contributed by atoms with van der Waals surface area (Å²) in [6.07, 6.45) is 0. The topological polar surface area (TPSA) is 78.4 Å². The maximum absolute atomic E-state index is 12.9. The number of sulfonamides is 1. The molecule has 0 atom stereocenters. The number of piperazine rings is 1. The van der Waals surface area contributed by atoms with E-state index in [2.05, 4.69) is 15.3 Å². The van der Waals surface area contributed by atoms with Gasteiger partial charge in [-0.3, -0.25) is 0 Å². The summed E-state index contributed by atoms with van der Waals surface area (Å²) in [7, 11) is -3.55. The largest absolute Gasteiger partial charge is 0.340 e. The van der Waals surface area contributed by atoms with E-state index in [0.717, 1.165) is 11.4 Å². The first-order chi connectivity index (χ1) is 14.8. The molecule has 1 aromatic heterocycles. The van der Waals surface area contributed by atoms with Crippen LogP contribution in [0.3, 0.4) is 0 Å². The third-order valence-electron chi connectivity index (χ3n) is 5.14. The van der Waals surface area contributed by atoms with Crippen molar-refractivity contribution in [1.82, 2.24) is 14.3 Å². The number of aryl methyl sites for hydroxylation is 2. The minimum absolute atomic E-state index is 0.252. The molecule has 0 aliphatic carbocycles. The van der Waals surface area contributed by atoms with Gasteiger partial charge in [-0.05, 0) is 50.2 Å². The SMILES string of the molecule is Cc1ccc(Nc2cc(C)nc(N3CCN(S(=O)(=O)c4ccc(Cl)cc4)CC3)n2)cc1. The number of hydrogen-bond donors (Lipinski definition) is 1. The van der Waals surface area contributed by atoms with Crippen LogP contribution in [-0.2, 0) is 10.0 Å². The molecule has 0 amide bonds. The van der Waals surface area contributed by atoms with Crippen molar-refractivity contribution >= 4 is 39.1 Å². The van der Waals surface area contributed by atoms with E-state index in [9.17, 15) is 8.42 Å². The molecule has 1 saturated heterocycles. The van der Waals surface area contributed by atoms with Gasteiger partial charge in [0.1, 0.15) is 5.82 Å². The molecule has 1 N–H and O–H groups in total. The summed E-state index contributed by atoms with van der Waals surface area (Å²) in [5.41, 5.74) is 2.99. The molecule has 0 bridgehead atoms. The monoisotopic (exact) mass is 457 g/mol. The minimum atomic E-state index is -3.55. The number of benzene rings is 2. The van der Waals surface area contributed by atoms with Crippen LogP contribution in [0.2, 0.25) is 5.02 Å². The number of nitrogens with one attached hydrogen (secondary N) is 1. The Labute approximate surface area is 187 Å². The van der Waals surface area contributed by atoms with Gasteiger partial charge in [-0.1, -0.05) is 29.3 Å². The van der Waals surface area contributed by atoms with Crippen molar-refractivity contribution in [3.05, 3.63) is 70.9 Å². The normalized spacial score (nSPS) is 15.1. The average molecular weight is 458 g/mol. The summed E-state index contributed by atoms with van der Waals surface area (Å²) in [6, 6.07) is 16.2. The number of halogens is 1. The quantitative estimate of drug-likeness (QED) is 0.623. The van der Waals surface area contributed by atoms with Gasteiger partial charge in [-0.2, -0.15) is 9.29 Å². The summed E-state index contributed by atoms with van der Waals surface area (Å²) in [5.74, 6) is 1.31. The number of hydrogen-bond acceptors (Lipinski definition) is 6. The molecule has 31 heavy (non-hydrogen) atoms. The zero-order chi connectivity index (χ0) is 22.0. The number of rotatable bonds is 5. The zero-order valence-corrected chi connectivity index (χ0v) is 19.0. The molecule has 1 fully saturated rings. The summed E-state index contributed by atoms with van der Waals surface area (Å²) < 4.78 is 27.3. The van der Waals surface area contributed by atoms with Crippen molar-refractivity contribution < 1.29 is 8.42 Å². The summed E-state index contributed by atoms with van der Waals surface area (Å²) in [4.78, 5) is 11.5. The lowest BCUT2D eigenvalue weighted by atomic mass is 10.2. The molecule has 162 valence electrons. The van der Waals surface area contributed by atoms with Gasteiger partial charge >= 0.3 is 0 Å². The van der Waals surface area contributed by atoms with E-state index in [1.165, 1.54) is 22.0 Å². The molecule has 1 aliphatic rings. The first kappa shape index (κ1) is 21.5. The lowest BCUT2D eigenvalue weighted by Crippen LogP contribution is -2.49. The summed E-state index contributed by atoms with van der Waals surface area (Å²) >= 11 is 5.88. The van der Waals surface area contributed by atoms with E-state index in [1.807, 2.05) is 49.1 Å². The Morgan fingerprint density at radius 1 is 0.903 bits per heavy atom. The molecule has 9 heteroatoms. The maximum Gasteiger partial charge on any atom is 0.243 e. The Morgan fingerprint density at radius 2 is 1.55 bits per heavy atom. The third kappa shape index (κ3) is 4.98. The smallest absolute Gasteiger partial charge is 0.243 e. The van der Waals surface area contributed by atoms with Crippen LogP contribution in [0.15, 0.2) is 59.5 Å². The molecule has 0 radical (unpaired) electrons. The molecular formula is C22H24ClN5O2S. The standard InChI is InChI=1S/C22H24ClN5O2S/c1-16-3-7-19(8-4-16)25-21-15-17(2)24-22(26-21)27-11-13-28(14-12-27)31(29,30)20-9-5-18(23)6-10-20/h3-10,15H,11-14H2,1-2H3,(H,24,25,26). The van der Waals surface area contributed by atoms with Crippen molar-refractivity contribution in [3.63, 3.8) is 0 Å². The van der Waals surface area contributed by atoms with Crippen LogP contribution in [0.1, 0.15) is 11.3 Å². The fourth-order valence-corrected chi connectivity index (χ4v) is 4.98. The van der Waals surface area contributed by atoms with Crippen molar-refractivity contribution in [2.45, 2.75) is 18.7 Å². The molecule has 0 unspecified atom stereocenters. The van der Waals surface area contributed by atoms with E-state index < -0.39 is 10.0 Å². The highest BCUT2D eigenvalue weighted by Crippen LogP contribution is 2.23. The number of aromatic nitrogens is 2. The van der Waals surface area contributed by atoms with Crippen molar-refractivity contribution in [2.75, 3.05) is 36.4 Å². The van der Waals surface area contributed by atoms with E-state index in [1.54, 1.807) is 12.1 Å². The lowest BCUT2D eigenvalue weighted by Gasteiger charge is -2.34. The Kier molecular flexibility index (Phi) is 6.13. The zero-order valence-electron chi connectivity index (χ0n) is 17.4. The Morgan fingerprint density at radius 3 is 2.19 bits per heavy atom. The molecule has 2 heterocycles. The first-order valence-corrected chi connectivity index (χ1v) is 11.8. The molecule has 3 aromatic rings. The van der Waals surface area contributed by atoms with Crippen LogP contribution >= 0.6 is 11.6 Å². The van der Waals surface area contributed by atoms with E-state index in [4.69, 9.17) is 11.6 Å². The van der Waals surface area contributed by atoms with Crippen LogP contribution in [0.4, 0.5) is 17.5 Å². The number of nitrogens with zero attached hydrogens (tertiary/aromatic N) is 4. The highest BCUT2D eigenvalue weighted by molar-refractivity contribution is 7.89. The Hall–Kier alpha value is -2.68. The molecule has 1 aliphatic heterocycles. The van der Waals surface area contributed by atoms with Crippen molar-refractivity contribution in [3.8, 4) is 0 Å². The fraction of sp³-hybridized carbons (Fsp3) is 0.273. The van der Waals surface area contributed by atoms with E-state index >= 15 is 0 Å². The van der Waals surface area contributed by atoms with Crippen LogP contribution in [0.5, 0.6) is 0 Å². The van der Waals surface area contributed by atoms with E-state index in [0.29, 0.717) is 43.0 Å². The van der Waals surface area contributed by atoms with Gasteiger partial charge in [0.2, 0.25) is 16.0 Å². The van der Waals surface area contributed by atoms with Crippen molar-refractivity contribution in [1.29, 1.82) is 0 Å². The van der Waals surface area contributed by atoms with Gasteiger partial charge in [0.05, 0.1) is 4.90 Å². The van der Waals surface area contributed by atoms with Gasteiger partial charge < -0.3 is 10.2 Å². The lowest BCUT2D eigenvalue weighted by molar-refractivity contribution is 0.382. The average Bonchev–Trinajstić information content (AvgIpc) is 2.75. The Balaban J connectivity index is 1.46. The Bertz CT molecular complexity index is 1160. The fourth-order valence-electron chi connectivity index (χ4n) is 3.43. The van der Waals surface area contributed by atoms with Crippen LogP contribution in [-0.4, -0.2) is 48.9 Å². The predicted octanol–water partition coefficient (Wildman–Crippen LogP) is 4.00. The molecule has 0 spiro atoms. The van der Waals surface area contributed by atoms with Crippen LogP contribution in [0, 0.1) is 13.8 Å². The van der Waals surface area contributed by atoms with Gasteiger partial charge in [0, 0.05) is 48.6 Å². The summed E-state index contributed by atoms with van der Waals surface area (Å²) in [5, 5.41) is 3.83. The molecule has 4 rings (SSSR count). The number of anilines is 3. The van der Waals surface area contributed by atoms with E-state index in [-0.39, 0.29) is 4.90 Å². The second-order valence-electron chi connectivity index (χ2n) is 7.53. The van der Waals surface area contributed by atoms with Crippen molar-refractivity contribution in [2.24, 2.45) is 0 Å². The van der Waals surface area contributed by atoms with Gasteiger partial charge in [-0.15, -0.1) is 0 Å². The molecule has 2 aromatic carbocycles. The first-order valence-electron chi connectivity index (χ1n) is 10.0. The van der Waals surface area contributed by atoms with Gasteiger partial charge in [0.25, 0.3) is 0 Å². The van der Waals surface area contributed by atoms with Gasteiger partial charge in [-0.25, -0.2) is 13.4 Å².